The van der Waals surface area contributed by atoms with Crippen molar-refractivity contribution in [3.63, 3.8) is 0 Å². The first-order valence-corrected chi connectivity index (χ1v) is 7.98. The van der Waals surface area contributed by atoms with Crippen LogP contribution in [0, 0.1) is 6.92 Å². The third-order valence-electron chi connectivity index (χ3n) is 3.38. The van der Waals surface area contributed by atoms with Gasteiger partial charge >= 0.3 is 6.61 Å². The number of carbonyl (C=O) groups is 2. The van der Waals surface area contributed by atoms with E-state index in [4.69, 9.17) is 0 Å². The fourth-order valence-electron chi connectivity index (χ4n) is 2.21. The lowest BCUT2D eigenvalue weighted by Gasteiger charge is -2.10. The van der Waals surface area contributed by atoms with Gasteiger partial charge in [0.2, 0.25) is 5.91 Å². The Labute approximate surface area is 149 Å². The third-order valence-corrected chi connectivity index (χ3v) is 3.38. The molecule has 2 aromatic rings. The predicted molar refractivity (Wildman–Crippen MR) is 92.1 cm³/mol. The van der Waals surface area contributed by atoms with Crippen LogP contribution in [0.2, 0.25) is 0 Å². The Morgan fingerprint density at radius 3 is 2.69 bits per heavy atom. The van der Waals surface area contributed by atoms with E-state index in [1.54, 1.807) is 32.0 Å². The highest BCUT2D eigenvalue weighted by Gasteiger charge is 2.11. The molecule has 0 spiro atoms. The number of carbonyl (C=O) groups excluding carboxylic acids is 2. The van der Waals surface area contributed by atoms with Gasteiger partial charge in [-0.05, 0) is 36.8 Å². The largest absolute Gasteiger partial charge is 0.435 e. The Bertz CT molecular complexity index is 797. The average molecular weight is 363 g/mol. The number of aromatic nitrogens is 1. The Hall–Kier alpha value is -3.03. The van der Waals surface area contributed by atoms with Crippen LogP contribution in [0.1, 0.15) is 35.0 Å². The molecular weight excluding hydrogens is 344 g/mol. The van der Waals surface area contributed by atoms with Gasteiger partial charge in [0.15, 0.2) is 0 Å². The van der Waals surface area contributed by atoms with Crippen molar-refractivity contribution >= 4 is 17.6 Å². The van der Waals surface area contributed by atoms with E-state index < -0.39 is 6.61 Å². The quantitative estimate of drug-likeness (QED) is 0.791. The van der Waals surface area contributed by atoms with Gasteiger partial charge in [-0.25, -0.2) is 4.98 Å². The maximum absolute atomic E-state index is 12.3. The molecule has 0 unspecified atom stereocenters. The normalized spacial score (nSPS) is 10.5. The summed E-state index contributed by atoms with van der Waals surface area (Å²) in [6.07, 6.45) is 0.300. The summed E-state index contributed by atoms with van der Waals surface area (Å²) in [6, 6.07) is 9.15. The number of ether oxygens (including phenoxy) is 1. The number of hydrogen-bond acceptors (Lipinski definition) is 4. The Morgan fingerprint density at radius 2 is 2.00 bits per heavy atom. The Morgan fingerprint density at radius 1 is 1.23 bits per heavy atom. The van der Waals surface area contributed by atoms with Gasteiger partial charge in [0, 0.05) is 24.2 Å². The highest BCUT2D eigenvalue weighted by Crippen LogP contribution is 2.16. The molecule has 1 aromatic carbocycles. The highest BCUT2D eigenvalue weighted by atomic mass is 19.3. The number of hydrogen-bond donors (Lipinski definition) is 2. The fraction of sp³-hybridized carbons (Fsp3) is 0.278. The monoisotopic (exact) mass is 363 g/mol. The molecule has 0 aliphatic carbocycles. The number of nitrogens with zero attached hydrogens (tertiary/aromatic N) is 1. The van der Waals surface area contributed by atoms with Crippen LogP contribution in [0.5, 0.6) is 5.75 Å². The van der Waals surface area contributed by atoms with Crippen LogP contribution in [-0.4, -0.2) is 23.4 Å². The molecule has 1 heterocycles. The first kappa shape index (κ1) is 19.3. The topological polar surface area (TPSA) is 80.3 Å². The minimum Gasteiger partial charge on any atom is -0.435 e. The summed E-state index contributed by atoms with van der Waals surface area (Å²) in [7, 11) is 0. The molecule has 0 radical (unpaired) electrons. The number of alkyl halides is 2. The lowest BCUT2D eigenvalue weighted by atomic mass is 10.2. The van der Waals surface area contributed by atoms with E-state index in [1.807, 2.05) is 0 Å². The van der Waals surface area contributed by atoms with E-state index in [1.165, 1.54) is 18.2 Å². The molecule has 2 rings (SSSR count). The molecular formula is C18H19F2N3O3. The molecule has 0 saturated heterocycles. The number of nitrogens with one attached hydrogen (secondary N) is 2. The predicted octanol–water partition coefficient (Wildman–Crippen LogP) is 3.27. The molecule has 26 heavy (non-hydrogen) atoms. The van der Waals surface area contributed by atoms with Gasteiger partial charge in [-0.2, -0.15) is 8.78 Å². The van der Waals surface area contributed by atoms with Gasteiger partial charge in [0.25, 0.3) is 5.91 Å². The summed E-state index contributed by atoms with van der Waals surface area (Å²) in [6.45, 7) is 0.655. The average Bonchev–Trinajstić information content (AvgIpc) is 2.58. The molecule has 2 N–H and O–H groups in total. The molecule has 0 fully saturated rings. The van der Waals surface area contributed by atoms with E-state index >= 15 is 0 Å². The lowest BCUT2D eigenvalue weighted by molar-refractivity contribution is -0.115. The van der Waals surface area contributed by atoms with Gasteiger partial charge in [0.1, 0.15) is 11.6 Å². The lowest BCUT2D eigenvalue weighted by Crippen LogP contribution is -2.23. The number of pyridine rings is 1. The molecule has 0 aliphatic rings. The van der Waals surface area contributed by atoms with Crippen molar-refractivity contribution in [2.45, 2.75) is 33.4 Å². The summed E-state index contributed by atoms with van der Waals surface area (Å²) >= 11 is 0. The SMILES string of the molecule is CCC(=O)Nc1cc(C(=O)NCc2cccc(OC(F)F)c2)cc(C)n1. The van der Waals surface area contributed by atoms with Gasteiger partial charge in [-0.3, -0.25) is 9.59 Å². The fourth-order valence-corrected chi connectivity index (χ4v) is 2.21. The summed E-state index contributed by atoms with van der Waals surface area (Å²) in [5.41, 5.74) is 1.53. The van der Waals surface area contributed by atoms with Crippen molar-refractivity contribution in [3.8, 4) is 5.75 Å². The number of halogens is 2. The number of anilines is 1. The second kappa shape index (κ2) is 8.89. The van der Waals surface area contributed by atoms with Gasteiger partial charge < -0.3 is 15.4 Å². The van der Waals surface area contributed by atoms with Crippen molar-refractivity contribution in [3.05, 3.63) is 53.2 Å². The zero-order valence-corrected chi connectivity index (χ0v) is 14.4. The minimum atomic E-state index is -2.91. The summed E-state index contributed by atoms with van der Waals surface area (Å²) in [5, 5.41) is 5.30. The zero-order chi connectivity index (χ0) is 19.1. The molecule has 0 aliphatic heterocycles. The van der Waals surface area contributed by atoms with Crippen molar-refractivity contribution in [1.82, 2.24) is 10.3 Å². The van der Waals surface area contributed by atoms with E-state index in [0.29, 0.717) is 29.1 Å². The molecule has 138 valence electrons. The Balaban J connectivity index is 2.05. The summed E-state index contributed by atoms with van der Waals surface area (Å²) < 4.78 is 28.8. The van der Waals surface area contributed by atoms with Crippen LogP contribution in [0.15, 0.2) is 36.4 Å². The number of rotatable bonds is 7. The van der Waals surface area contributed by atoms with Crippen LogP contribution >= 0.6 is 0 Å². The van der Waals surface area contributed by atoms with Gasteiger partial charge in [-0.1, -0.05) is 19.1 Å². The molecule has 6 nitrogen and oxygen atoms in total. The molecule has 0 atom stereocenters. The smallest absolute Gasteiger partial charge is 0.387 e. The Kier molecular flexibility index (Phi) is 6.60. The van der Waals surface area contributed by atoms with E-state index in [2.05, 4.69) is 20.4 Å². The number of aryl methyl sites for hydroxylation is 1. The number of amides is 2. The van der Waals surface area contributed by atoms with Crippen LogP contribution < -0.4 is 15.4 Å². The van der Waals surface area contributed by atoms with Crippen molar-refractivity contribution in [2.75, 3.05) is 5.32 Å². The third kappa shape index (κ3) is 5.80. The van der Waals surface area contributed by atoms with Gasteiger partial charge in [0.05, 0.1) is 0 Å². The summed E-state index contributed by atoms with van der Waals surface area (Å²) in [5.74, 6) is -0.251. The molecule has 1 aromatic heterocycles. The first-order chi connectivity index (χ1) is 12.4. The molecule has 8 heteroatoms. The molecule has 2 amide bonds. The minimum absolute atomic E-state index is 0.0241. The van der Waals surface area contributed by atoms with Gasteiger partial charge in [-0.15, -0.1) is 0 Å². The molecule has 0 saturated carbocycles. The van der Waals surface area contributed by atoms with E-state index in [9.17, 15) is 18.4 Å². The summed E-state index contributed by atoms with van der Waals surface area (Å²) in [4.78, 5) is 28.0. The standard InChI is InChI=1S/C18H19F2N3O3/c1-3-16(24)23-15-9-13(7-11(2)22-15)17(25)21-10-12-5-4-6-14(8-12)26-18(19)20/h4-9,18H,3,10H2,1-2H3,(H,21,25)(H,22,23,24). The van der Waals surface area contributed by atoms with Crippen LogP contribution in [0.4, 0.5) is 14.6 Å². The van der Waals surface area contributed by atoms with Crippen molar-refractivity contribution in [1.29, 1.82) is 0 Å². The second-order valence-electron chi connectivity index (χ2n) is 5.49. The molecule has 0 bridgehead atoms. The van der Waals surface area contributed by atoms with Crippen molar-refractivity contribution < 1.29 is 23.1 Å². The maximum Gasteiger partial charge on any atom is 0.387 e. The van der Waals surface area contributed by atoms with E-state index in [0.717, 1.165) is 0 Å². The first-order valence-electron chi connectivity index (χ1n) is 7.98. The maximum atomic E-state index is 12.3. The number of benzene rings is 1. The van der Waals surface area contributed by atoms with Crippen LogP contribution in [-0.2, 0) is 11.3 Å². The van der Waals surface area contributed by atoms with Crippen LogP contribution in [0.3, 0.4) is 0 Å². The van der Waals surface area contributed by atoms with E-state index in [-0.39, 0.29) is 24.1 Å². The zero-order valence-electron chi connectivity index (χ0n) is 14.4. The highest BCUT2D eigenvalue weighted by molar-refractivity contribution is 5.96. The second-order valence-corrected chi connectivity index (χ2v) is 5.49. The van der Waals surface area contributed by atoms with Crippen LogP contribution in [0.25, 0.3) is 0 Å². The van der Waals surface area contributed by atoms with Crippen molar-refractivity contribution in [2.24, 2.45) is 0 Å².